The van der Waals surface area contributed by atoms with Crippen LogP contribution >= 0.6 is 0 Å². The summed E-state index contributed by atoms with van der Waals surface area (Å²) in [4.78, 5) is 15.6. The average Bonchev–Trinajstić information content (AvgIpc) is 2.98. The highest BCUT2D eigenvalue weighted by Crippen LogP contribution is 2.31. The third kappa shape index (κ3) is 6.05. The molecule has 1 aliphatic rings. The van der Waals surface area contributed by atoms with Crippen LogP contribution in [0.25, 0.3) is 11.1 Å². The van der Waals surface area contributed by atoms with E-state index in [1.807, 2.05) is 55.5 Å². The lowest BCUT2D eigenvalue weighted by atomic mass is 9.94. The molecule has 3 aromatic rings. The Kier molecular flexibility index (Phi) is 8.83. The third-order valence-electron chi connectivity index (χ3n) is 7.20. The zero-order valence-corrected chi connectivity index (χ0v) is 23.1. The van der Waals surface area contributed by atoms with Crippen LogP contribution in [0.1, 0.15) is 35.3 Å². The van der Waals surface area contributed by atoms with Crippen molar-refractivity contribution in [2.45, 2.75) is 37.5 Å². The lowest BCUT2D eigenvalue weighted by molar-refractivity contribution is -0.0146. The number of sulfonamides is 1. The van der Waals surface area contributed by atoms with Crippen molar-refractivity contribution in [3.05, 3.63) is 89.5 Å². The molecule has 0 fully saturated rings. The van der Waals surface area contributed by atoms with E-state index in [1.54, 1.807) is 30.0 Å². The van der Waals surface area contributed by atoms with Crippen LogP contribution in [-0.2, 0) is 21.4 Å². The Morgan fingerprint density at radius 2 is 1.74 bits per heavy atom. The van der Waals surface area contributed by atoms with Crippen molar-refractivity contribution < 1.29 is 23.1 Å². The number of carbonyl (C=O) groups excluding carboxylic acids is 1. The lowest BCUT2D eigenvalue weighted by Gasteiger charge is -2.35. The van der Waals surface area contributed by atoms with Crippen LogP contribution in [0.2, 0.25) is 0 Å². The van der Waals surface area contributed by atoms with Crippen LogP contribution in [0.15, 0.2) is 77.7 Å². The first-order chi connectivity index (χ1) is 18.7. The van der Waals surface area contributed by atoms with Crippen LogP contribution in [0.4, 0.5) is 0 Å². The number of nitrogens with zero attached hydrogens (tertiary/aromatic N) is 3. The van der Waals surface area contributed by atoms with E-state index >= 15 is 0 Å². The van der Waals surface area contributed by atoms with Crippen LogP contribution in [0.3, 0.4) is 0 Å². The summed E-state index contributed by atoms with van der Waals surface area (Å²) in [5.41, 5.74) is 3.31. The minimum atomic E-state index is -3.91. The van der Waals surface area contributed by atoms with Gasteiger partial charge in [-0.25, -0.2) is 8.42 Å². The van der Waals surface area contributed by atoms with Gasteiger partial charge in [-0.05, 0) is 47.9 Å². The molecule has 3 aromatic carbocycles. The number of aliphatic hydroxyl groups is 1. The Morgan fingerprint density at radius 3 is 2.44 bits per heavy atom. The van der Waals surface area contributed by atoms with Gasteiger partial charge in [0.25, 0.3) is 5.91 Å². The Labute approximate surface area is 230 Å². The topological polar surface area (TPSA) is 111 Å². The van der Waals surface area contributed by atoms with Crippen molar-refractivity contribution >= 4 is 15.9 Å². The van der Waals surface area contributed by atoms with Crippen LogP contribution < -0.4 is 0 Å². The van der Waals surface area contributed by atoms with E-state index in [4.69, 9.17) is 4.74 Å². The zero-order valence-electron chi connectivity index (χ0n) is 22.3. The summed E-state index contributed by atoms with van der Waals surface area (Å²) in [6.45, 7) is 4.00. The number of aliphatic hydroxyl groups excluding tert-OH is 1. The fourth-order valence-corrected chi connectivity index (χ4v) is 6.04. The van der Waals surface area contributed by atoms with Crippen molar-refractivity contribution in [3.63, 3.8) is 0 Å². The Morgan fingerprint density at radius 1 is 1.08 bits per heavy atom. The number of nitriles is 1. The molecule has 39 heavy (non-hydrogen) atoms. The zero-order chi connectivity index (χ0) is 28.2. The van der Waals surface area contributed by atoms with Gasteiger partial charge in [-0.15, -0.1) is 0 Å². The van der Waals surface area contributed by atoms with Gasteiger partial charge in [-0.2, -0.15) is 9.57 Å². The second-order valence-corrected chi connectivity index (χ2v) is 12.0. The predicted octanol–water partition coefficient (Wildman–Crippen LogP) is 3.90. The van der Waals surface area contributed by atoms with E-state index in [0.29, 0.717) is 5.56 Å². The maximum atomic E-state index is 13.9. The molecule has 0 bridgehead atoms. The summed E-state index contributed by atoms with van der Waals surface area (Å²) in [6.07, 6.45) is -0.570. The van der Waals surface area contributed by atoms with Gasteiger partial charge in [0.1, 0.15) is 0 Å². The minimum absolute atomic E-state index is 0.0277. The molecule has 0 aromatic heterocycles. The summed E-state index contributed by atoms with van der Waals surface area (Å²) in [5, 5.41) is 19.2. The van der Waals surface area contributed by atoms with E-state index < -0.39 is 22.2 Å². The molecular weight excluding hydrogens is 514 g/mol. The first kappa shape index (κ1) is 28.5. The van der Waals surface area contributed by atoms with E-state index in [-0.39, 0.29) is 48.6 Å². The first-order valence-electron chi connectivity index (χ1n) is 12.8. The molecule has 1 N–H and O–H groups in total. The van der Waals surface area contributed by atoms with Gasteiger partial charge in [0, 0.05) is 31.6 Å². The van der Waals surface area contributed by atoms with Gasteiger partial charge >= 0.3 is 0 Å². The standard InChI is InChI=1S/C30H33N3O5S/c1-21-17-33(22(2)19-34)30(35)28-14-7-6-13-27(28)26-12-5-4-10-24(26)20-38-29(21)18-32(3)39(36,37)25-11-8-9-23(15-25)16-31/h4-15,21-22,29,34H,17-20H2,1-3H3/t21-,22-,29+/m0/s1. The summed E-state index contributed by atoms with van der Waals surface area (Å²) in [6, 6.07) is 22.5. The normalized spacial score (nSPS) is 19.0. The molecule has 0 aliphatic carbocycles. The van der Waals surface area contributed by atoms with Crippen LogP contribution in [0, 0.1) is 17.2 Å². The largest absolute Gasteiger partial charge is 0.394 e. The number of rotatable bonds is 6. The minimum Gasteiger partial charge on any atom is -0.394 e. The highest BCUT2D eigenvalue weighted by atomic mass is 32.2. The number of carbonyl (C=O) groups is 1. The smallest absolute Gasteiger partial charge is 0.254 e. The number of likely N-dealkylation sites (N-methyl/N-ethyl adjacent to an activating group) is 1. The van der Waals surface area contributed by atoms with Gasteiger partial charge in [-0.1, -0.05) is 55.5 Å². The van der Waals surface area contributed by atoms with Crippen LogP contribution in [-0.4, -0.2) is 67.5 Å². The number of hydrogen-bond donors (Lipinski definition) is 1. The van der Waals surface area contributed by atoms with Gasteiger partial charge in [0.15, 0.2) is 0 Å². The molecule has 1 amide bonds. The molecule has 0 saturated carbocycles. The fourth-order valence-electron chi connectivity index (χ4n) is 4.81. The number of fused-ring (bicyclic) bond motifs is 3. The molecule has 0 unspecified atom stereocenters. The van der Waals surface area contributed by atoms with E-state index in [0.717, 1.165) is 16.7 Å². The number of hydrogen-bond acceptors (Lipinski definition) is 6. The summed E-state index contributed by atoms with van der Waals surface area (Å²) in [7, 11) is -2.42. The highest BCUT2D eigenvalue weighted by molar-refractivity contribution is 7.89. The van der Waals surface area contributed by atoms with Gasteiger partial charge < -0.3 is 14.7 Å². The Bertz CT molecular complexity index is 1480. The molecule has 0 saturated heterocycles. The van der Waals surface area contributed by atoms with Crippen LogP contribution in [0.5, 0.6) is 0 Å². The van der Waals surface area contributed by atoms with Crippen molar-refractivity contribution in [1.29, 1.82) is 5.26 Å². The molecule has 3 atom stereocenters. The SMILES string of the molecule is C[C@H]1CN([C@@H](C)CO)C(=O)c2ccccc2-c2ccccc2CO[C@@H]1CN(C)S(=O)(=O)c1cccc(C#N)c1. The maximum Gasteiger partial charge on any atom is 0.254 e. The van der Waals surface area contributed by atoms with E-state index in [1.165, 1.54) is 23.5 Å². The summed E-state index contributed by atoms with van der Waals surface area (Å²) in [5.74, 6) is -0.479. The molecule has 1 heterocycles. The molecule has 4 rings (SSSR count). The molecule has 8 nitrogen and oxygen atoms in total. The molecule has 204 valence electrons. The highest BCUT2D eigenvalue weighted by Gasteiger charge is 2.32. The van der Waals surface area contributed by atoms with E-state index in [2.05, 4.69) is 0 Å². The first-order valence-corrected chi connectivity index (χ1v) is 14.3. The Balaban J connectivity index is 1.73. The molecule has 9 heteroatoms. The Hall–Kier alpha value is -3.55. The number of amides is 1. The molecule has 0 spiro atoms. The summed E-state index contributed by atoms with van der Waals surface area (Å²) < 4.78 is 34.4. The number of ether oxygens (including phenoxy) is 1. The fraction of sp³-hybridized carbons (Fsp3) is 0.333. The lowest BCUT2D eigenvalue weighted by Crippen LogP contribution is -2.47. The molecule has 1 aliphatic heterocycles. The van der Waals surface area contributed by atoms with Crippen molar-refractivity contribution in [1.82, 2.24) is 9.21 Å². The second kappa shape index (κ2) is 12.1. The monoisotopic (exact) mass is 547 g/mol. The van der Waals surface area contributed by atoms with Gasteiger partial charge in [-0.3, -0.25) is 4.79 Å². The molecular formula is C30H33N3O5S. The quantitative estimate of drug-likeness (QED) is 0.501. The average molecular weight is 548 g/mol. The van der Waals surface area contributed by atoms with E-state index in [9.17, 15) is 23.6 Å². The van der Waals surface area contributed by atoms with Gasteiger partial charge in [0.2, 0.25) is 10.0 Å². The van der Waals surface area contributed by atoms with Crippen molar-refractivity contribution in [2.75, 3.05) is 26.7 Å². The van der Waals surface area contributed by atoms with Crippen molar-refractivity contribution in [2.24, 2.45) is 5.92 Å². The third-order valence-corrected chi connectivity index (χ3v) is 9.02. The molecule has 0 radical (unpaired) electrons. The van der Waals surface area contributed by atoms with Gasteiger partial charge in [0.05, 0.1) is 41.9 Å². The predicted molar refractivity (Wildman–Crippen MR) is 148 cm³/mol. The summed E-state index contributed by atoms with van der Waals surface area (Å²) >= 11 is 0. The maximum absolute atomic E-state index is 13.9. The number of benzene rings is 3. The van der Waals surface area contributed by atoms with Crippen molar-refractivity contribution in [3.8, 4) is 17.2 Å². The second-order valence-electron chi connectivity index (χ2n) is 9.94.